The number of hydrogen-bond acceptors (Lipinski definition) is 4. The molecular weight excluding hydrogens is 330 g/mol. The lowest BCUT2D eigenvalue weighted by atomic mass is 10.0. The topological polar surface area (TPSA) is 31.4 Å². The molecule has 0 amide bonds. The van der Waals surface area contributed by atoms with Crippen molar-refractivity contribution in [1.29, 1.82) is 0 Å². The fourth-order valence-corrected chi connectivity index (χ4v) is 4.06. The largest absolute Gasteiger partial charge is 0.353 e. The second-order valence-electron chi connectivity index (χ2n) is 6.50. The first-order valence-electron chi connectivity index (χ1n) is 9.00. The van der Waals surface area contributed by atoms with E-state index in [0.29, 0.717) is 0 Å². The van der Waals surface area contributed by atoms with Crippen LogP contribution in [0.4, 0.5) is 0 Å². The highest BCUT2D eigenvalue weighted by Crippen LogP contribution is 2.24. The van der Waals surface area contributed by atoms with Gasteiger partial charge in [-0.1, -0.05) is 24.3 Å². The monoisotopic (exact) mass is 353 g/mol. The van der Waals surface area contributed by atoms with Gasteiger partial charge in [0.2, 0.25) is 0 Å². The van der Waals surface area contributed by atoms with E-state index < -0.39 is 0 Å². The standard InChI is InChI=1S/C21H23NO2S/c1-2-12-23-21(3-1)24-13-9-16-4-6-17(7-5-16)15-19-18-10-14-25-20(18)8-11-22-19/h4-8,10-11,14,21H,1-3,9,12-13,15H2. The Bertz CT molecular complexity index is 806. The van der Waals surface area contributed by atoms with E-state index >= 15 is 0 Å². The lowest BCUT2D eigenvalue weighted by Crippen LogP contribution is -2.23. The number of fused-ring (bicyclic) bond motifs is 1. The molecular formula is C21H23NO2S. The zero-order chi connectivity index (χ0) is 16.9. The van der Waals surface area contributed by atoms with Crippen molar-refractivity contribution in [3.63, 3.8) is 0 Å². The van der Waals surface area contributed by atoms with Crippen LogP contribution in [0.1, 0.15) is 36.1 Å². The van der Waals surface area contributed by atoms with E-state index in [1.165, 1.54) is 27.6 Å². The highest BCUT2D eigenvalue weighted by atomic mass is 32.1. The smallest absolute Gasteiger partial charge is 0.157 e. The molecule has 0 saturated carbocycles. The van der Waals surface area contributed by atoms with Gasteiger partial charge in [-0.25, -0.2) is 0 Å². The maximum atomic E-state index is 5.82. The van der Waals surface area contributed by atoms with Crippen LogP contribution in [0.15, 0.2) is 48.0 Å². The lowest BCUT2D eigenvalue weighted by Gasteiger charge is -2.22. The Morgan fingerprint density at radius 2 is 1.96 bits per heavy atom. The quantitative estimate of drug-likeness (QED) is 0.627. The maximum Gasteiger partial charge on any atom is 0.157 e. The van der Waals surface area contributed by atoms with Crippen molar-refractivity contribution in [1.82, 2.24) is 4.98 Å². The summed E-state index contributed by atoms with van der Waals surface area (Å²) in [7, 11) is 0. The molecule has 25 heavy (non-hydrogen) atoms. The highest BCUT2D eigenvalue weighted by molar-refractivity contribution is 7.17. The Hall–Kier alpha value is -1.75. The molecule has 1 aliphatic heterocycles. The van der Waals surface area contributed by atoms with E-state index in [1.54, 1.807) is 11.3 Å². The molecule has 3 nitrogen and oxygen atoms in total. The van der Waals surface area contributed by atoms with E-state index in [-0.39, 0.29) is 6.29 Å². The Morgan fingerprint density at radius 1 is 1.08 bits per heavy atom. The van der Waals surface area contributed by atoms with Gasteiger partial charge in [-0.2, -0.15) is 0 Å². The number of benzene rings is 1. The molecule has 0 spiro atoms. The number of pyridine rings is 1. The summed E-state index contributed by atoms with van der Waals surface area (Å²) in [5, 5.41) is 3.41. The number of aromatic nitrogens is 1. The predicted octanol–water partition coefficient (Wildman–Crippen LogP) is 4.97. The lowest BCUT2D eigenvalue weighted by molar-refractivity contribution is -0.161. The molecule has 2 aromatic heterocycles. The molecule has 0 aliphatic carbocycles. The second-order valence-corrected chi connectivity index (χ2v) is 7.45. The minimum absolute atomic E-state index is 0.00481. The molecule has 0 bridgehead atoms. The highest BCUT2D eigenvalue weighted by Gasteiger charge is 2.13. The van der Waals surface area contributed by atoms with E-state index in [0.717, 1.165) is 44.6 Å². The molecule has 1 aliphatic rings. The molecule has 0 N–H and O–H groups in total. The van der Waals surface area contributed by atoms with Gasteiger partial charge >= 0.3 is 0 Å². The van der Waals surface area contributed by atoms with E-state index in [9.17, 15) is 0 Å². The molecule has 1 fully saturated rings. The summed E-state index contributed by atoms with van der Waals surface area (Å²) in [4.78, 5) is 4.57. The van der Waals surface area contributed by atoms with Crippen molar-refractivity contribution in [3.05, 3.63) is 64.8 Å². The Morgan fingerprint density at radius 3 is 2.80 bits per heavy atom. The molecule has 3 heterocycles. The van der Waals surface area contributed by atoms with Gasteiger partial charge in [0, 0.05) is 29.3 Å². The van der Waals surface area contributed by atoms with Crippen molar-refractivity contribution in [2.45, 2.75) is 38.4 Å². The average Bonchev–Trinajstić information content (AvgIpc) is 3.14. The maximum absolute atomic E-state index is 5.82. The first-order valence-corrected chi connectivity index (χ1v) is 9.88. The van der Waals surface area contributed by atoms with Gasteiger partial charge in [-0.3, -0.25) is 4.98 Å². The summed E-state index contributed by atoms with van der Waals surface area (Å²) in [6.45, 7) is 1.56. The molecule has 1 aromatic carbocycles. The minimum Gasteiger partial charge on any atom is -0.353 e. The average molecular weight is 353 g/mol. The van der Waals surface area contributed by atoms with Crippen molar-refractivity contribution < 1.29 is 9.47 Å². The van der Waals surface area contributed by atoms with E-state index in [2.05, 4.69) is 46.8 Å². The first-order chi connectivity index (χ1) is 12.4. The van der Waals surface area contributed by atoms with Gasteiger partial charge in [0.1, 0.15) is 0 Å². The third-order valence-corrected chi connectivity index (χ3v) is 5.57. The fourth-order valence-electron chi connectivity index (χ4n) is 3.26. The SMILES string of the molecule is c1cc2sccc2c(Cc2ccc(CCOC3CCCCO3)cc2)n1. The summed E-state index contributed by atoms with van der Waals surface area (Å²) >= 11 is 1.77. The molecule has 0 radical (unpaired) electrons. The first kappa shape index (κ1) is 16.7. The third-order valence-electron chi connectivity index (χ3n) is 4.69. The Labute approximate surface area is 152 Å². The molecule has 4 rings (SSSR count). The fraction of sp³-hybridized carbons (Fsp3) is 0.381. The van der Waals surface area contributed by atoms with Gasteiger partial charge in [0.15, 0.2) is 6.29 Å². The van der Waals surface area contributed by atoms with Gasteiger partial charge in [0.05, 0.1) is 12.3 Å². The summed E-state index contributed by atoms with van der Waals surface area (Å²) in [6, 6.07) is 13.1. The van der Waals surface area contributed by atoms with Gasteiger partial charge in [-0.05, 0) is 54.3 Å². The van der Waals surface area contributed by atoms with Gasteiger partial charge in [0.25, 0.3) is 0 Å². The van der Waals surface area contributed by atoms with Crippen molar-refractivity contribution >= 4 is 21.4 Å². The van der Waals surface area contributed by atoms with Crippen LogP contribution in [-0.2, 0) is 22.3 Å². The summed E-state index contributed by atoms with van der Waals surface area (Å²) in [5.74, 6) is 0. The molecule has 1 saturated heterocycles. The molecule has 1 unspecified atom stereocenters. The summed E-state index contributed by atoms with van der Waals surface area (Å²) in [6.07, 6.45) is 7.12. The minimum atomic E-state index is 0.00481. The zero-order valence-corrected chi connectivity index (χ0v) is 15.1. The predicted molar refractivity (Wildman–Crippen MR) is 102 cm³/mol. The van der Waals surface area contributed by atoms with E-state index in [1.807, 2.05) is 6.20 Å². The van der Waals surface area contributed by atoms with Crippen LogP contribution in [-0.4, -0.2) is 24.5 Å². The van der Waals surface area contributed by atoms with Crippen molar-refractivity contribution in [2.24, 2.45) is 0 Å². The van der Waals surface area contributed by atoms with Crippen LogP contribution in [0.5, 0.6) is 0 Å². The Kier molecular flexibility index (Phi) is 5.40. The number of rotatable bonds is 6. The van der Waals surface area contributed by atoms with Crippen LogP contribution in [0, 0.1) is 0 Å². The zero-order valence-electron chi connectivity index (χ0n) is 14.3. The van der Waals surface area contributed by atoms with Gasteiger partial charge in [-0.15, -0.1) is 11.3 Å². The summed E-state index contributed by atoms with van der Waals surface area (Å²) < 4.78 is 12.7. The number of thiophene rings is 1. The molecule has 4 heteroatoms. The normalized spacial score (nSPS) is 17.8. The Balaban J connectivity index is 1.33. The van der Waals surface area contributed by atoms with E-state index in [4.69, 9.17) is 9.47 Å². The van der Waals surface area contributed by atoms with Crippen LogP contribution < -0.4 is 0 Å². The number of ether oxygens (including phenoxy) is 2. The molecule has 3 aromatic rings. The van der Waals surface area contributed by atoms with Crippen LogP contribution in [0.25, 0.3) is 10.1 Å². The van der Waals surface area contributed by atoms with Crippen molar-refractivity contribution in [3.8, 4) is 0 Å². The number of hydrogen-bond donors (Lipinski definition) is 0. The molecule has 130 valence electrons. The second kappa shape index (κ2) is 8.09. The number of nitrogens with zero attached hydrogens (tertiary/aromatic N) is 1. The van der Waals surface area contributed by atoms with Crippen molar-refractivity contribution in [2.75, 3.05) is 13.2 Å². The molecule has 1 atom stereocenters. The third kappa shape index (κ3) is 4.27. The van der Waals surface area contributed by atoms with Gasteiger partial charge < -0.3 is 9.47 Å². The van der Waals surface area contributed by atoms with Crippen LogP contribution >= 0.6 is 11.3 Å². The van der Waals surface area contributed by atoms with Crippen LogP contribution in [0.2, 0.25) is 0 Å². The summed E-state index contributed by atoms with van der Waals surface area (Å²) in [5.41, 5.74) is 3.76. The van der Waals surface area contributed by atoms with Crippen LogP contribution in [0.3, 0.4) is 0 Å².